The van der Waals surface area contributed by atoms with Crippen molar-refractivity contribution in [1.29, 1.82) is 0 Å². The number of benzene rings is 1. The summed E-state index contributed by atoms with van der Waals surface area (Å²) in [6.07, 6.45) is 0.609. The zero-order chi connectivity index (χ0) is 15.7. The molecular weight excluding hydrogens is 272 g/mol. The second-order valence-corrected chi connectivity index (χ2v) is 4.81. The summed E-state index contributed by atoms with van der Waals surface area (Å²) in [5.74, 6) is 0.123. The minimum absolute atomic E-state index is 0.0990. The number of amides is 2. The Morgan fingerprint density at radius 2 is 1.81 bits per heavy atom. The van der Waals surface area contributed by atoms with Crippen molar-refractivity contribution in [3.05, 3.63) is 24.3 Å². The molecule has 0 radical (unpaired) electrons. The van der Waals surface area contributed by atoms with Gasteiger partial charge in [-0.05, 0) is 38.1 Å². The predicted molar refractivity (Wildman–Crippen MR) is 80.1 cm³/mol. The van der Waals surface area contributed by atoms with E-state index in [2.05, 4.69) is 5.32 Å². The number of nitrogens with two attached hydrogens (primary N) is 1. The Bertz CT molecular complexity index is 457. The van der Waals surface area contributed by atoms with Crippen LogP contribution < -0.4 is 15.8 Å². The predicted octanol–water partition coefficient (Wildman–Crippen LogP) is 1.69. The molecule has 116 valence electrons. The van der Waals surface area contributed by atoms with Crippen LogP contribution in [0.3, 0.4) is 0 Å². The molecule has 0 unspecified atom stereocenters. The van der Waals surface area contributed by atoms with Crippen molar-refractivity contribution in [1.82, 2.24) is 0 Å². The maximum absolute atomic E-state index is 11.7. The van der Waals surface area contributed by atoms with Crippen molar-refractivity contribution in [3.63, 3.8) is 0 Å². The highest BCUT2D eigenvalue weighted by Gasteiger charge is 2.04. The Labute approximate surface area is 124 Å². The molecule has 1 aromatic carbocycles. The SMILES string of the molecule is CC(C)OCCC(=O)Nc1ccc(OCCC(N)=O)cc1. The summed E-state index contributed by atoms with van der Waals surface area (Å²) >= 11 is 0. The molecule has 0 heterocycles. The second-order valence-electron chi connectivity index (χ2n) is 4.81. The first-order chi connectivity index (χ1) is 9.97. The Morgan fingerprint density at radius 1 is 1.14 bits per heavy atom. The van der Waals surface area contributed by atoms with Crippen LogP contribution in [0.4, 0.5) is 5.69 Å². The molecule has 21 heavy (non-hydrogen) atoms. The van der Waals surface area contributed by atoms with Gasteiger partial charge in [0.05, 0.1) is 32.2 Å². The number of primary amides is 1. The Kier molecular flexibility index (Phi) is 7.25. The molecule has 2 amide bonds. The second kappa shape index (κ2) is 8.97. The number of hydrogen-bond donors (Lipinski definition) is 2. The molecule has 0 spiro atoms. The van der Waals surface area contributed by atoms with Crippen LogP contribution in [-0.4, -0.2) is 31.1 Å². The molecule has 1 rings (SSSR count). The molecular formula is C15H22N2O4. The first kappa shape index (κ1) is 17.0. The smallest absolute Gasteiger partial charge is 0.226 e. The summed E-state index contributed by atoms with van der Waals surface area (Å²) in [5, 5.41) is 2.77. The van der Waals surface area contributed by atoms with E-state index in [1.165, 1.54) is 0 Å². The average Bonchev–Trinajstić information content (AvgIpc) is 2.40. The van der Waals surface area contributed by atoms with Crippen LogP contribution >= 0.6 is 0 Å². The maximum Gasteiger partial charge on any atom is 0.226 e. The lowest BCUT2D eigenvalue weighted by Crippen LogP contribution is -2.16. The standard InChI is InChI=1S/C15H22N2O4/c1-11(2)20-10-8-15(19)17-12-3-5-13(6-4-12)21-9-7-14(16)18/h3-6,11H,7-10H2,1-2H3,(H2,16,18)(H,17,19). The third-order valence-electron chi connectivity index (χ3n) is 2.54. The van der Waals surface area contributed by atoms with Gasteiger partial charge >= 0.3 is 0 Å². The summed E-state index contributed by atoms with van der Waals surface area (Å²) in [6, 6.07) is 6.92. The van der Waals surface area contributed by atoms with Crippen molar-refractivity contribution in [3.8, 4) is 5.75 Å². The van der Waals surface area contributed by atoms with Crippen molar-refractivity contribution >= 4 is 17.5 Å². The van der Waals surface area contributed by atoms with Crippen LogP contribution in [0.15, 0.2) is 24.3 Å². The number of carbonyl (C=O) groups is 2. The largest absolute Gasteiger partial charge is 0.493 e. The molecule has 0 aromatic heterocycles. The van der Waals surface area contributed by atoms with Gasteiger partial charge in [0, 0.05) is 5.69 Å². The van der Waals surface area contributed by atoms with Gasteiger partial charge in [-0.2, -0.15) is 0 Å². The molecule has 0 saturated carbocycles. The van der Waals surface area contributed by atoms with Crippen molar-refractivity contribution in [2.24, 2.45) is 5.73 Å². The third-order valence-corrected chi connectivity index (χ3v) is 2.54. The van der Waals surface area contributed by atoms with Gasteiger partial charge in [0.25, 0.3) is 0 Å². The quantitative estimate of drug-likeness (QED) is 0.725. The molecule has 0 aliphatic rings. The van der Waals surface area contributed by atoms with Crippen molar-refractivity contribution < 1.29 is 19.1 Å². The summed E-state index contributed by atoms with van der Waals surface area (Å²) in [6.45, 7) is 4.50. The molecule has 6 heteroatoms. The number of nitrogens with one attached hydrogen (secondary N) is 1. The summed E-state index contributed by atoms with van der Waals surface area (Å²) in [4.78, 5) is 22.2. The molecule has 1 aromatic rings. The first-order valence-electron chi connectivity index (χ1n) is 6.90. The zero-order valence-corrected chi connectivity index (χ0v) is 12.4. The van der Waals surface area contributed by atoms with Gasteiger partial charge in [0.1, 0.15) is 5.75 Å². The highest BCUT2D eigenvalue weighted by Crippen LogP contribution is 2.16. The van der Waals surface area contributed by atoms with Crippen LogP contribution in [0.2, 0.25) is 0 Å². The van der Waals surface area contributed by atoms with Gasteiger partial charge in [-0.25, -0.2) is 0 Å². The number of hydrogen-bond acceptors (Lipinski definition) is 4. The Hall–Kier alpha value is -2.08. The van der Waals surface area contributed by atoms with E-state index < -0.39 is 5.91 Å². The minimum atomic E-state index is -0.400. The van der Waals surface area contributed by atoms with Gasteiger partial charge in [-0.3, -0.25) is 9.59 Å². The van der Waals surface area contributed by atoms with Crippen LogP contribution in [0.5, 0.6) is 5.75 Å². The maximum atomic E-state index is 11.7. The lowest BCUT2D eigenvalue weighted by molar-refractivity contribution is -0.119. The fourth-order valence-electron chi connectivity index (χ4n) is 1.51. The minimum Gasteiger partial charge on any atom is -0.493 e. The monoisotopic (exact) mass is 294 g/mol. The molecule has 0 saturated heterocycles. The lowest BCUT2D eigenvalue weighted by atomic mass is 10.3. The van der Waals surface area contributed by atoms with E-state index >= 15 is 0 Å². The molecule has 0 bridgehead atoms. The van der Waals surface area contributed by atoms with E-state index in [9.17, 15) is 9.59 Å². The van der Waals surface area contributed by atoms with Gasteiger partial charge in [0.2, 0.25) is 11.8 Å². The van der Waals surface area contributed by atoms with E-state index in [-0.39, 0.29) is 25.0 Å². The molecule has 0 fully saturated rings. The molecule has 0 aliphatic carbocycles. The van der Waals surface area contributed by atoms with Gasteiger partial charge in [-0.1, -0.05) is 0 Å². The number of anilines is 1. The van der Waals surface area contributed by atoms with E-state index in [0.717, 1.165) is 0 Å². The van der Waals surface area contributed by atoms with E-state index in [4.69, 9.17) is 15.2 Å². The van der Waals surface area contributed by atoms with E-state index in [0.29, 0.717) is 24.5 Å². The van der Waals surface area contributed by atoms with Gasteiger partial charge < -0.3 is 20.5 Å². The number of ether oxygens (including phenoxy) is 2. The fourth-order valence-corrected chi connectivity index (χ4v) is 1.51. The third kappa shape index (κ3) is 7.94. The van der Waals surface area contributed by atoms with Crippen molar-refractivity contribution in [2.75, 3.05) is 18.5 Å². The molecule has 0 aliphatic heterocycles. The van der Waals surface area contributed by atoms with E-state index in [1.807, 2.05) is 13.8 Å². The highest BCUT2D eigenvalue weighted by atomic mass is 16.5. The summed E-state index contributed by atoms with van der Waals surface area (Å²) < 4.78 is 10.6. The molecule has 3 N–H and O–H groups in total. The molecule has 6 nitrogen and oxygen atoms in total. The zero-order valence-electron chi connectivity index (χ0n) is 12.4. The first-order valence-corrected chi connectivity index (χ1v) is 6.90. The Balaban J connectivity index is 2.33. The summed E-state index contributed by atoms with van der Waals surface area (Å²) in [5.41, 5.74) is 5.70. The van der Waals surface area contributed by atoms with E-state index in [1.54, 1.807) is 24.3 Å². The van der Waals surface area contributed by atoms with Gasteiger partial charge in [-0.15, -0.1) is 0 Å². The van der Waals surface area contributed by atoms with Gasteiger partial charge in [0.15, 0.2) is 0 Å². The normalized spacial score (nSPS) is 10.4. The average molecular weight is 294 g/mol. The van der Waals surface area contributed by atoms with Crippen LogP contribution in [0, 0.1) is 0 Å². The van der Waals surface area contributed by atoms with Crippen LogP contribution in [0.25, 0.3) is 0 Å². The highest BCUT2D eigenvalue weighted by molar-refractivity contribution is 5.90. The molecule has 0 atom stereocenters. The van der Waals surface area contributed by atoms with Crippen LogP contribution in [0.1, 0.15) is 26.7 Å². The van der Waals surface area contributed by atoms with Crippen LogP contribution in [-0.2, 0) is 14.3 Å². The topological polar surface area (TPSA) is 90.7 Å². The Morgan fingerprint density at radius 3 is 2.38 bits per heavy atom. The van der Waals surface area contributed by atoms with Crippen molar-refractivity contribution in [2.45, 2.75) is 32.8 Å². The summed E-state index contributed by atoms with van der Waals surface area (Å²) in [7, 11) is 0. The fraction of sp³-hybridized carbons (Fsp3) is 0.467. The number of rotatable bonds is 9. The lowest BCUT2D eigenvalue weighted by Gasteiger charge is -2.09. The number of carbonyl (C=O) groups excluding carboxylic acids is 2.